The highest BCUT2D eigenvalue weighted by Crippen LogP contribution is 2.19. The monoisotopic (exact) mass is 370 g/mol. The number of phenolic OH excluding ortho intramolecular Hbond substituents is 1. The normalized spacial score (nSPS) is 10.5. The van der Waals surface area contributed by atoms with Gasteiger partial charge >= 0.3 is 0 Å². The highest BCUT2D eigenvalue weighted by molar-refractivity contribution is 7.99. The first-order valence-electron chi connectivity index (χ1n) is 7.89. The Morgan fingerprint density at radius 1 is 1.19 bits per heavy atom. The molecule has 0 aliphatic heterocycles. The Bertz CT molecular complexity index is 883. The van der Waals surface area contributed by atoms with Crippen LogP contribution in [0, 0.1) is 0 Å². The van der Waals surface area contributed by atoms with E-state index in [9.17, 15) is 9.90 Å². The van der Waals surface area contributed by atoms with Gasteiger partial charge in [0, 0.05) is 18.8 Å². The predicted octanol–water partition coefficient (Wildman–Crippen LogP) is 2.83. The molecule has 0 radical (unpaired) electrons. The van der Waals surface area contributed by atoms with Gasteiger partial charge in [0.25, 0.3) is 0 Å². The number of nitrogens with zero attached hydrogens (tertiary/aromatic N) is 3. The number of aromatic nitrogens is 3. The first-order valence-corrected chi connectivity index (χ1v) is 8.88. The number of aromatic hydroxyl groups is 1. The van der Waals surface area contributed by atoms with E-state index < -0.39 is 0 Å². The minimum Gasteiger partial charge on any atom is -0.508 e. The minimum absolute atomic E-state index is 0.104. The van der Waals surface area contributed by atoms with Crippen molar-refractivity contribution in [1.29, 1.82) is 0 Å². The SMILES string of the molecule is Cn1c(COc2ccccc2)nnc1SCC(=O)Nc1cccc(O)c1. The Balaban J connectivity index is 1.52. The van der Waals surface area contributed by atoms with E-state index in [0.29, 0.717) is 23.3 Å². The average Bonchev–Trinajstić information content (AvgIpc) is 2.99. The molecule has 0 aliphatic rings. The van der Waals surface area contributed by atoms with Gasteiger partial charge in [-0.3, -0.25) is 4.79 Å². The first-order chi connectivity index (χ1) is 12.6. The Morgan fingerprint density at radius 2 is 2.00 bits per heavy atom. The molecule has 1 aromatic heterocycles. The zero-order chi connectivity index (χ0) is 18.4. The third-order valence-electron chi connectivity index (χ3n) is 3.50. The lowest BCUT2D eigenvalue weighted by Gasteiger charge is -2.07. The second-order valence-corrected chi connectivity index (χ2v) is 6.39. The molecule has 1 heterocycles. The van der Waals surface area contributed by atoms with E-state index in [1.807, 2.05) is 37.4 Å². The third-order valence-corrected chi connectivity index (χ3v) is 4.52. The molecule has 0 spiro atoms. The van der Waals surface area contributed by atoms with Crippen molar-refractivity contribution in [3.05, 3.63) is 60.4 Å². The Labute approximate surface area is 155 Å². The molecule has 7 nitrogen and oxygen atoms in total. The van der Waals surface area contributed by atoms with Gasteiger partial charge in [0.1, 0.15) is 18.1 Å². The van der Waals surface area contributed by atoms with Crippen LogP contribution in [-0.2, 0) is 18.4 Å². The van der Waals surface area contributed by atoms with Gasteiger partial charge in [0.15, 0.2) is 11.0 Å². The molecule has 26 heavy (non-hydrogen) atoms. The molecule has 8 heteroatoms. The van der Waals surface area contributed by atoms with Crippen molar-refractivity contribution in [2.45, 2.75) is 11.8 Å². The first kappa shape index (κ1) is 17.8. The van der Waals surface area contributed by atoms with Gasteiger partial charge in [-0.05, 0) is 24.3 Å². The number of thioether (sulfide) groups is 1. The summed E-state index contributed by atoms with van der Waals surface area (Å²) in [7, 11) is 1.83. The maximum Gasteiger partial charge on any atom is 0.234 e. The van der Waals surface area contributed by atoms with Gasteiger partial charge in [-0.2, -0.15) is 0 Å². The Kier molecular flexibility index (Phi) is 5.75. The standard InChI is InChI=1S/C18H18N4O3S/c1-22-16(11-25-15-8-3-2-4-9-15)20-21-18(22)26-12-17(24)19-13-6-5-7-14(23)10-13/h2-10,23H,11-12H2,1H3,(H,19,24). The van der Waals surface area contributed by atoms with Crippen LogP contribution in [0.1, 0.15) is 5.82 Å². The van der Waals surface area contributed by atoms with E-state index in [2.05, 4.69) is 15.5 Å². The van der Waals surface area contributed by atoms with Crippen LogP contribution >= 0.6 is 11.8 Å². The predicted molar refractivity (Wildman–Crippen MR) is 99.2 cm³/mol. The van der Waals surface area contributed by atoms with Gasteiger partial charge in [0.2, 0.25) is 5.91 Å². The largest absolute Gasteiger partial charge is 0.508 e. The van der Waals surface area contributed by atoms with Crippen LogP contribution in [0.5, 0.6) is 11.5 Å². The van der Waals surface area contributed by atoms with Crippen molar-refractivity contribution in [3.8, 4) is 11.5 Å². The summed E-state index contributed by atoms with van der Waals surface area (Å²) in [6.07, 6.45) is 0. The lowest BCUT2D eigenvalue weighted by molar-refractivity contribution is -0.113. The molecule has 2 aromatic carbocycles. The van der Waals surface area contributed by atoms with Crippen LogP contribution in [0.2, 0.25) is 0 Å². The molecule has 134 valence electrons. The summed E-state index contributed by atoms with van der Waals surface area (Å²) in [6.45, 7) is 0.295. The fraction of sp³-hybridized carbons (Fsp3) is 0.167. The van der Waals surface area contributed by atoms with Crippen LogP contribution in [0.15, 0.2) is 59.8 Å². The lowest BCUT2D eigenvalue weighted by Crippen LogP contribution is -2.14. The summed E-state index contributed by atoms with van der Waals surface area (Å²) in [4.78, 5) is 12.0. The number of para-hydroxylation sites is 1. The number of rotatable bonds is 7. The van der Waals surface area contributed by atoms with E-state index >= 15 is 0 Å². The number of hydrogen-bond acceptors (Lipinski definition) is 6. The molecule has 0 bridgehead atoms. The molecular weight excluding hydrogens is 352 g/mol. The van der Waals surface area contributed by atoms with Crippen molar-refractivity contribution < 1.29 is 14.6 Å². The zero-order valence-corrected chi connectivity index (χ0v) is 14.9. The van der Waals surface area contributed by atoms with E-state index in [1.165, 1.54) is 17.8 Å². The summed E-state index contributed by atoms with van der Waals surface area (Å²) >= 11 is 1.28. The van der Waals surface area contributed by atoms with Gasteiger partial charge in [-0.25, -0.2) is 0 Å². The van der Waals surface area contributed by atoms with Crippen molar-refractivity contribution in [3.63, 3.8) is 0 Å². The number of carbonyl (C=O) groups excluding carboxylic acids is 1. The number of hydrogen-bond donors (Lipinski definition) is 2. The maximum atomic E-state index is 12.0. The highest BCUT2D eigenvalue weighted by atomic mass is 32.2. The fourth-order valence-corrected chi connectivity index (χ4v) is 2.90. The van der Waals surface area contributed by atoms with Crippen molar-refractivity contribution in [1.82, 2.24) is 14.8 Å². The summed E-state index contributed by atoms with van der Waals surface area (Å²) in [5, 5.41) is 21.0. The molecule has 0 atom stereocenters. The lowest BCUT2D eigenvalue weighted by atomic mass is 10.3. The van der Waals surface area contributed by atoms with Crippen molar-refractivity contribution in [2.75, 3.05) is 11.1 Å². The third kappa shape index (κ3) is 4.76. The number of ether oxygens (including phenoxy) is 1. The Morgan fingerprint density at radius 3 is 2.77 bits per heavy atom. The van der Waals surface area contributed by atoms with Crippen molar-refractivity contribution >= 4 is 23.4 Å². The topological polar surface area (TPSA) is 89.3 Å². The molecule has 3 rings (SSSR count). The Hall–Kier alpha value is -3.00. The number of anilines is 1. The molecule has 0 unspecified atom stereocenters. The van der Waals surface area contributed by atoms with Crippen LogP contribution in [0.3, 0.4) is 0 Å². The molecule has 1 amide bonds. The van der Waals surface area contributed by atoms with Crippen molar-refractivity contribution in [2.24, 2.45) is 7.05 Å². The molecule has 0 aliphatic carbocycles. The van der Waals surface area contributed by atoms with E-state index in [1.54, 1.807) is 22.8 Å². The van der Waals surface area contributed by atoms with E-state index in [0.717, 1.165) is 5.75 Å². The van der Waals surface area contributed by atoms with Crippen LogP contribution in [-0.4, -0.2) is 31.5 Å². The van der Waals surface area contributed by atoms with E-state index in [4.69, 9.17) is 4.74 Å². The molecule has 2 N–H and O–H groups in total. The summed E-state index contributed by atoms with van der Waals surface area (Å²) in [5.41, 5.74) is 0.547. The average molecular weight is 370 g/mol. The molecular formula is C18H18N4O3S. The number of carbonyl (C=O) groups is 1. The smallest absolute Gasteiger partial charge is 0.234 e. The van der Waals surface area contributed by atoms with Gasteiger partial charge in [-0.1, -0.05) is 36.0 Å². The number of phenols is 1. The van der Waals surface area contributed by atoms with Crippen LogP contribution < -0.4 is 10.1 Å². The fourth-order valence-electron chi connectivity index (χ4n) is 2.17. The van der Waals surface area contributed by atoms with Gasteiger partial charge in [-0.15, -0.1) is 10.2 Å². The summed E-state index contributed by atoms with van der Waals surface area (Å²) < 4.78 is 7.47. The number of amides is 1. The molecule has 0 fully saturated rings. The summed E-state index contributed by atoms with van der Waals surface area (Å²) in [6, 6.07) is 15.9. The quantitative estimate of drug-likeness (QED) is 0.622. The highest BCUT2D eigenvalue weighted by Gasteiger charge is 2.12. The molecule has 0 saturated heterocycles. The number of nitrogens with one attached hydrogen (secondary N) is 1. The van der Waals surface area contributed by atoms with Crippen LogP contribution in [0.4, 0.5) is 5.69 Å². The van der Waals surface area contributed by atoms with Gasteiger partial charge in [0.05, 0.1) is 5.75 Å². The zero-order valence-electron chi connectivity index (χ0n) is 14.1. The summed E-state index contributed by atoms with van der Waals surface area (Å²) in [5.74, 6) is 1.53. The maximum absolute atomic E-state index is 12.0. The van der Waals surface area contributed by atoms with Crippen LogP contribution in [0.25, 0.3) is 0 Å². The minimum atomic E-state index is -0.189. The van der Waals surface area contributed by atoms with E-state index in [-0.39, 0.29) is 17.4 Å². The molecule has 3 aromatic rings. The second-order valence-electron chi connectivity index (χ2n) is 5.45. The number of benzene rings is 2. The van der Waals surface area contributed by atoms with Gasteiger partial charge < -0.3 is 19.7 Å². The molecule has 0 saturated carbocycles. The second kappa shape index (κ2) is 8.39.